The largest absolute Gasteiger partial charge is 0.396 e. The Hall–Kier alpha value is -0.240. The summed E-state index contributed by atoms with van der Waals surface area (Å²) in [5.41, 5.74) is 0. The van der Waals surface area contributed by atoms with E-state index in [1.54, 1.807) is 0 Å². The van der Waals surface area contributed by atoms with Crippen LogP contribution in [-0.4, -0.2) is 68.3 Å². The van der Waals surface area contributed by atoms with Gasteiger partial charge in [0.25, 0.3) is 0 Å². The van der Waals surface area contributed by atoms with E-state index in [0.717, 1.165) is 0 Å². The lowest BCUT2D eigenvalue weighted by Crippen LogP contribution is -2.31. The van der Waals surface area contributed by atoms with Crippen LogP contribution < -0.4 is 0 Å². The van der Waals surface area contributed by atoms with E-state index in [1.807, 2.05) is 0 Å². The van der Waals surface area contributed by atoms with Crippen molar-refractivity contribution in [3.05, 3.63) is 0 Å². The fourth-order valence-corrected chi connectivity index (χ4v) is 1.53. The van der Waals surface area contributed by atoms with Crippen LogP contribution in [0.25, 0.3) is 0 Å². The quantitative estimate of drug-likeness (QED) is 0.277. The van der Waals surface area contributed by atoms with Gasteiger partial charge in [-0.1, -0.05) is 0 Å². The van der Waals surface area contributed by atoms with Crippen LogP contribution in [0.1, 0.15) is 32.1 Å². The van der Waals surface area contributed by atoms with Gasteiger partial charge in [0.1, 0.15) is 0 Å². The molecule has 4 atom stereocenters. The second kappa shape index (κ2) is 9.76. The molecule has 0 fully saturated rings. The maximum atomic E-state index is 9.56. The molecule has 0 heterocycles. The van der Waals surface area contributed by atoms with Crippen molar-refractivity contribution in [2.45, 2.75) is 56.5 Å². The molecule has 0 aromatic rings. The molecule has 0 aliphatic carbocycles. The molecule has 104 valence electrons. The molecule has 0 bridgehead atoms. The molecule has 0 radical (unpaired) electrons. The highest BCUT2D eigenvalue weighted by molar-refractivity contribution is 4.72. The molecule has 17 heavy (non-hydrogen) atoms. The molecule has 0 saturated carbocycles. The van der Waals surface area contributed by atoms with Gasteiger partial charge in [-0.25, -0.2) is 0 Å². The van der Waals surface area contributed by atoms with Crippen LogP contribution in [0.5, 0.6) is 0 Å². The van der Waals surface area contributed by atoms with Crippen molar-refractivity contribution in [3.8, 4) is 0 Å². The summed E-state index contributed by atoms with van der Waals surface area (Å²) >= 11 is 0. The minimum absolute atomic E-state index is 0.0155. The van der Waals surface area contributed by atoms with E-state index in [0.29, 0.717) is 12.8 Å². The van der Waals surface area contributed by atoms with Gasteiger partial charge in [0, 0.05) is 13.0 Å². The van der Waals surface area contributed by atoms with E-state index < -0.39 is 24.4 Å². The Morgan fingerprint density at radius 2 is 1.35 bits per heavy atom. The van der Waals surface area contributed by atoms with E-state index in [2.05, 4.69) is 0 Å². The highest BCUT2D eigenvalue weighted by atomic mass is 16.3. The van der Waals surface area contributed by atoms with Crippen molar-refractivity contribution in [2.75, 3.05) is 13.2 Å². The summed E-state index contributed by atoms with van der Waals surface area (Å²) in [6, 6.07) is 0. The smallest absolute Gasteiger partial charge is 0.0823 e. The minimum Gasteiger partial charge on any atom is -0.396 e. The van der Waals surface area contributed by atoms with Crippen LogP contribution in [0, 0.1) is 0 Å². The van der Waals surface area contributed by atoms with Gasteiger partial charge in [-0.15, -0.1) is 0 Å². The third-order valence-electron chi connectivity index (χ3n) is 2.66. The first-order chi connectivity index (χ1) is 8.01. The van der Waals surface area contributed by atoms with E-state index in [-0.39, 0.29) is 32.5 Å². The predicted octanol–water partition coefficient (Wildman–Crippen LogP) is -1.63. The monoisotopic (exact) mass is 252 g/mol. The van der Waals surface area contributed by atoms with Gasteiger partial charge in [-0.2, -0.15) is 0 Å². The maximum Gasteiger partial charge on any atom is 0.0823 e. The first kappa shape index (κ1) is 16.8. The molecule has 6 N–H and O–H groups in total. The zero-order chi connectivity index (χ0) is 13.3. The summed E-state index contributed by atoms with van der Waals surface area (Å²) in [6.45, 7) is -0.389. The van der Waals surface area contributed by atoms with Crippen LogP contribution in [0.2, 0.25) is 0 Å². The molecule has 0 rings (SSSR count). The zero-order valence-electron chi connectivity index (χ0n) is 9.94. The molecule has 0 aliphatic rings. The third kappa shape index (κ3) is 8.48. The van der Waals surface area contributed by atoms with Crippen molar-refractivity contribution in [1.29, 1.82) is 0 Å². The predicted molar refractivity (Wildman–Crippen MR) is 61.3 cm³/mol. The Labute approximate surface area is 101 Å². The summed E-state index contributed by atoms with van der Waals surface area (Å²) in [4.78, 5) is 0. The topological polar surface area (TPSA) is 121 Å². The average Bonchev–Trinajstić information content (AvgIpc) is 2.32. The fraction of sp³-hybridized carbons (Fsp3) is 1.00. The highest BCUT2D eigenvalue weighted by Gasteiger charge is 2.20. The lowest BCUT2D eigenvalue weighted by molar-refractivity contribution is -0.0257. The molecule has 0 saturated heterocycles. The number of rotatable bonds is 10. The van der Waals surface area contributed by atoms with Crippen LogP contribution in [0.4, 0.5) is 0 Å². The fourth-order valence-electron chi connectivity index (χ4n) is 1.53. The standard InChI is InChI=1S/C11H24O6/c12-5-1-2-8(14)6-11(17)10(16)4-3-9(15)7-13/h8-17H,1-7H2. The Morgan fingerprint density at radius 3 is 1.88 bits per heavy atom. The van der Waals surface area contributed by atoms with Gasteiger partial charge in [0.2, 0.25) is 0 Å². The molecule has 0 aromatic carbocycles. The van der Waals surface area contributed by atoms with Crippen LogP contribution >= 0.6 is 0 Å². The third-order valence-corrected chi connectivity index (χ3v) is 2.66. The molecule has 6 nitrogen and oxygen atoms in total. The molecular weight excluding hydrogens is 228 g/mol. The Kier molecular flexibility index (Phi) is 9.62. The van der Waals surface area contributed by atoms with Gasteiger partial charge in [-0.3, -0.25) is 0 Å². The first-order valence-electron chi connectivity index (χ1n) is 5.95. The van der Waals surface area contributed by atoms with Gasteiger partial charge >= 0.3 is 0 Å². The Balaban J connectivity index is 3.76. The molecule has 0 amide bonds. The molecule has 4 unspecified atom stereocenters. The molecule has 0 aliphatic heterocycles. The van der Waals surface area contributed by atoms with Crippen molar-refractivity contribution >= 4 is 0 Å². The SMILES string of the molecule is OCCCC(O)CC(O)C(O)CCC(O)CO. The summed E-state index contributed by atoms with van der Waals surface area (Å²) in [5.74, 6) is 0. The van der Waals surface area contributed by atoms with Gasteiger partial charge in [-0.05, 0) is 25.7 Å². The van der Waals surface area contributed by atoms with E-state index >= 15 is 0 Å². The summed E-state index contributed by atoms with van der Waals surface area (Å²) in [6.07, 6.45) is -2.51. The summed E-state index contributed by atoms with van der Waals surface area (Å²) < 4.78 is 0. The maximum absolute atomic E-state index is 9.56. The lowest BCUT2D eigenvalue weighted by Gasteiger charge is -2.21. The van der Waals surface area contributed by atoms with Gasteiger partial charge in [0.05, 0.1) is 31.0 Å². The number of hydrogen-bond acceptors (Lipinski definition) is 6. The highest BCUT2D eigenvalue weighted by Crippen LogP contribution is 2.12. The van der Waals surface area contributed by atoms with E-state index in [1.165, 1.54) is 0 Å². The second-order valence-corrected chi connectivity index (χ2v) is 4.30. The van der Waals surface area contributed by atoms with E-state index in [4.69, 9.17) is 15.3 Å². The number of hydrogen-bond donors (Lipinski definition) is 6. The molecular formula is C11H24O6. The summed E-state index contributed by atoms with van der Waals surface area (Å²) in [5, 5.41) is 54.7. The zero-order valence-corrected chi connectivity index (χ0v) is 9.94. The molecule has 0 spiro atoms. The lowest BCUT2D eigenvalue weighted by atomic mass is 9.99. The van der Waals surface area contributed by atoms with Crippen LogP contribution in [0.15, 0.2) is 0 Å². The van der Waals surface area contributed by atoms with Crippen molar-refractivity contribution in [2.24, 2.45) is 0 Å². The van der Waals surface area contributed by atoms with Crippen LogP contribution in [0.3, 0.4) is 0 Å². The van der Waals surface area contributed by atoms with Crippen molar-refractivity contribution in [1.82, 2.24) is 0 Å². The van der Waals surface area contributed by atoms with Crippen molar-refractivity contribution < 1.29 is 30.6 Å². The summed E-state index contributed by atoms with van der Waals surface area (Å²) in [7, 11) is 0. The Bertz CT molecular complexity index is 177. The Morgan fingerprint density at radius 1 is 0.706 bits per heavy atom. The van der Waals surface area contributed by atoms with E-state index in [9.17, 15) is 15.3 Å². The van der Waals surface area contributed by atoms with Gasteiger partial charge in [0.15, 0.2) is 0 Å². The van der Waals surface area contributed by atoms with Gasteiger partial charge < -0.3 is 30.6 Å². The van der Waals surface area contributed by atoms with Crippen LogP contribution in [-0.2, 0) is 0 Å². The number of aliphatic hydroxyl groups is 6. The first-order valence-corrected chi connectivity index (χ1v) is 5.95. The molecule has 6 heteroatoms. The molecule has 0 aromatic heterocycles. The normalized spacial score (nSPS) is 18.7. The second-order valence-electron chi connectivity index (χ2n) is 4.30. The number of aliphatic hydroxyl groups excluding tert-OH is 6. The minimum atomic E-state index is -1.06. The average molecular weight is 252 g/mol. The van der Waals surface area contributed by atoms with Crippen molar-refractivity contribution in [3.63, 3.8) is 0 Å².